The van der Waals surface area contributed by atoms with Crippen molar-refractivity contribution in [2.24, 2.45) is 0 Å². The molecular weight excluding hydrogens is 450 g/mol. The predicted octanol–water partition coefficient (Wildman–Crippen LogP) is 4.11. The van der Waals surface area contributed by atoms with Gasteiger partial charge in [-0.2, -0.15) is 0 Å². The van der Waals surface area contributed by atoms with Gasteiger partial charge >= 0.3 is 0 Å². The van der Waals surface area contributed by atoms with Crippen molar-refractivity contribution in [3.05, 3.63) is 89.6 Å². The van der Waals surface area contributed by atoms with Crippen molar-refractivity contribution in [2.45, 2.75) is 0 Å². The molecular formula is C27H24F2N4O2. The molecule has 1 saturated heterocycles. The first kappa shape index (κ1) is 22.7. The van der Waals surface area contributed by atoms with Crippen LogP contribution in [0.2, 0.25) is 0 Å². The van der Waals surface area contributed by atoms with Crippen LogP contribution in [0.25, 0.3) is 16.7 Å². The molecule has 0 aromatic heterocycles. The van der Waals surface area contributed by atoms with Crippen LogP contribution < -0.4 is 15.5 Å². The van der Waals surface area contributed by atoms with Gasteiger partial charge in [-0.1, -0.05) is 18.2 Å². The molecule has 0 atom stereocenters. The van der Waals surface area contributed by atoms with E-state index in [0.29, 0.717) is 22.5 Å². The highest BCUT2D eigenvalue weighted by Gasteiger charge is 2.27. The second-order valence-corrected chi connectivity index (χ2v) is 8.71. The molecule has 3 aromatic carbocycles. The first-order valence-corrected chi connectivity index (χ1v) is 11.3. The molecule has 0 spiro atoms. The Hall–Kier alpha value is -4.04. The summed E-state index contributed by atoms with van der Waals surface area (Å²) in [4.78, 5) is 29.3. The highest BCUT2D eigenvalue weighted by Crippen LogP contribution is 2.30. The van der Waals surface area contributed by atoms with Crippen molar-refractivity contribution in [3.63, 3.8) is 0 Å². The van der Waals surface area contributed by atoms with Crippen molar-refractivity contribution in [3.8, 4) is 11.1 Å². The highest BCUT2D eigenvalue weighted by molar-refractivity contribution is 6.31. The van der Waals surface area contributed by atoms with Gasteiger partial charge in [-0.25, -0.2) is 8.78 Å². The summed E-state index contributed by atoms with van der Waals surface area (Å²) in [7, 11) is 2.05. The van der Waals surface area contributed by atoms with Crippen LogP contribution in [0.1, 0.15) is 15.9 Å². The standard InChI is InChI=1S/C27H24F2N4O2/c1-32-10-12-33(13-11-32)25-9-7-20(15-24(25)29)30-16-23-22-14-18(17-2-5-19(28)6-3-17)4-8-21(22)26(34)31-27(23)35/h2-9,14-16,30H,10-13H2,1H3,(H,31,34,35)/b23-16-. The largest absolute Gasteiger partial charge is 0.367 e. The van der Waals surface area contributed by atoms with Crippen LogP contribution >= 0.6 is 0 Å². The van der Waals surface area contributed by atoms with Crippen molar-refractivity contribution < 1.29 is 18.4 Å². The minimum Gasteiger partial charge on any atom is -0.367 e. The van der Waals surface area contributed by atoms with Gasteiger partial charge in [0.15, 0.2) is 0 Å². The molecule has 2 heterocycles. The smallest absolute Gasteiger partial charge is 0.260 e. The number of anilines is 2. The number of nitrogens with one attached hydrogen (secondary N) is 2. The summed E-state index contributed by atoms with van der Waals surface area (Å²) in [6.07, 6.45) is 1.47. The Morgan fingerprint density at radius 3 is 2.26 bits per heavy atom. The van der Waals surface area contributed by atoms with Crippen LogP contribution in [-0.4, -0.2) is 49.9 Å². The number of carbonyl (C=O) groups excluding carboxylic acids is 2. The van der Waals surface area contributed by atoms with Crippen molar-refractivity contribution in [1.29, 1.82) is 0 Å². The van der Waals surface area contributed by atoms with Crippen LogP contribution in [0, 0.1) is 11.6 Å². The lowest BCUT2D eigenvalue weighted by Crippen LogP contribution is -2.44. The lowest BCUT2D eigenvalue weighted by Gasteiger charge is -2.34. The zero-order chi connectivity index (χ0) is 24.5. The third-order valence-electron chi connectivity index (χ3n) is 6.38. The normalized spacial score (nSPS) is 17.3. The molecule has 2 aliphatic rings. The molecule has 3 aromatic rings. The maximum absolute atomic E-state index is 14.9. The molecule has 8 heteroatoms. The molecule has 178 valence electrons. The van der Waals surface area contributed by atoms with E-state index in [1.807, 2.05) is 11.9 Å². The number of hydrogen-bond donors (Lipinski definition) is 2. The van der Waals surface area contributed by atoms with E-state index >= 15 is 0 Å². The van der Waals surface area contributed by atoms with Crippen LogP contribution in [0.15, 0.2) is 66.9 Å². The Balaban J connectivity index is 1.43. The number of amides is 2. The zero-order valence-electron chi connectivity index (χ0n) is 19.1. The van der Waals surface area contributed by atoms with Crippen molar-refractivity contribution >= 4 is 28.8 Å². The van der Waals surface area contributed by atoms with Gasteiger partial charge in [0.05, 0.1) is 11.3 Å². The summed E-state index contributed by atoms with van der Waals surface area (Å²) in [6, 6.07) is 16.0. The summed E-state index contributed by atoms with van der Waals surface area (Å²) in [6.45, 7) is 3.26. The summed E-state index contributed by atoms with van der Waals surface area (Å²) >= 11 is 0. The molecule has 2 aliphatic heterocycles. The van der Waals surface area contributed by atoms with Crippen LogP contribution in [-0.2, 0) is 4.79 Å². The van der Waals surface area contributed by atoms with E-state index in [1.165, 1.54) is 24.4 Å². The van der Waals surface area contributed by atoms with E-state index in [9.17, 15) is 18.4 Å². The van der Waals surface area contributed by atoms with Crippen molar-refractivity contribution in [2.75, 3.05) is 43.4 Å². The van der Waals surface area contributed by atoms with Gasteiger partial charge in [0.2, 0.25) is 0 Å². The molecule has 0 aliphatic carbocycles. The zero-order valence-corrected chi connectivity index (χ0v) is 19.1. The van der Waals surface area contributed by atoms with Crippen LogP contribution in [0.5, 0.6) is 0 Å². The van der Waals surface area contributed by atoms with Gasteiger partial charge < -0.3 is 15.1 Å². The summed E-state index contributed by atoms with van der Waals surface area (Å²) in [5.74, 6) is -1.74. The molecule has 0 saturated carbocycles. The van der Waals surface area contributed by atoms with Gasteiger partial charge in [-0.15, -0.1) is 0 Å². The number of halogens is 2. The van der Waals surface area contributed by atoms with E-state index in [4.69, 9.17) is 0 Å². The number of nitrogens with zero attached hydrogens (tertiary/aromatic N) is 2. The average molecular weight is 475 g/mol. The lowest BCUT2D eigenvalue weighted by atomic mass is 9.91. The summed E-state index contributed by atoms with van der Waals surface area (Å²) < 4.78 is 28.2. The van der Waals surface area contributed by atoms with Gasteiger partial charge in [0, 0.05) is 49.2 Å². The molecule has 35 heavy (non-hydrogen) atoms. The van der Waals surface area contributed by atoms with Crippen molar-refractivity contribution in [1.82, 2.24) is 10.2 Å². The Morgan fingerprint density at radius 2 is 1.54 bits per heavy atom. The number of fused-ring (bicyclic) bond motifs is 1. The highest BCUT2D eigenvalue weighted by atomic mass is 19.1. The molecule has 1 fully saturated rings. The fraction of sp³-hybridized carbons (Fsp3) is 0.185. The molecule has 5 rings (SSSR count). The van der Waals surface area contributed by atoms with E-state index in [-0.39, 0.29) is 17.2 Å². The van der Waals surface area contributed by atoms with E-state index in [2.05, 4.69) is 15.5 Å². The van der Waals surface area contributed by atoms with Gasteiger partial charge in [0.25, 0.3) is 11.8 Å². The van der Waals surface area contributed by atoms with Gasteiger partial charge in [-0.05, 0) is 60.6 Å². The van der Waals surface area contributed by atoms with Crippen LogP contribution in [0.3, 0.4) is 0 Å². The third kappa shape index (κ3) is 4.65. The molecule has 0 unspecified atom stereocenters. The first-order valence-electron chi connectivity index (χ1n) is 11.3. The molecule has 6 nitrogen and oxygen atoms in total. The number of likely N-dealkylation sites (N-methyl/N-ethyl adjacent to an activating group) is 1. The van der Waals surface area contributed by atoms with E-state index < -0.39 is 11.8 Å². The lowest BCUT2D eigenvalue weighted by molar-refractivity contribution is -0.114. The number of piperazine rings is 1. The fourth-order valence-electron chi connectivity index (χ4n) is 4.35. The van der Waals surface area contributed by atoms with E-state index in [0.717, 1.165) is 37.3 Å². The second-order valence-electron chi connectivity index (χ2n) is 8.71. The Bertz CT molecular complexity index is 1330. The average Bonchev–Trinajstić information content (AvgIpc) is 2.85. The minimum absolute atomic E-state index is 0.243. The number of hydrogen-bond acceptors (Lipinski definition) is 5. The molecule has 0 bridgehead atoms. The molecule has 2 amide bonds. The van der Waals surface area contributed by atoms with Gasteiger partial charge in [-0.3, -0.25) is 14.9 Å². The quantitative estimate of drug-likeness (QED) is 0.440. The number of benzene rings is 3. The monoisotopic (exact) mass is 474 g/mol. The number of carbonyl (C=O) groups is 2. The fourth-order valence-corrected chi connectivity index (χ4v) is 4.35. The summed E-state index contributed by atoms with van der Waals surface area (Å²) in [5.41, 5.74) is 3.55. The SMILES string of the molecule is CN1CCN(c2ccc(N/C=C3\C(=O)NC(=O)c4ccc(-c5ccc(F)cc5)cc43)cc2F)CC1. The minimum atomic E-state index is -0.555. The van der Waals surface area contributed by atoms with E-state index in [1.54, 1.807) is 42.5 Å². The topological polar surface area (TPSA) is 64.7 Å². The van der Waals surface area contributed by atoms with Crippen LogP contribution in [0.4, 0.5) is 20.2 Å². The molecule has 2 N–H and O–H groups in total. The Labute approximate surface area is 201 Å². The Morgan fingerprint density at radius 1 is 0.829 bits per heavy atom. The number of imide groups is 1. The third-order valence-corrected chi connectivity index (χ3v) is 6.38. The van der Waals surface area contributed by atoms with Gasteiger partial charge in [0.1, 0.15) is 11.6 Å². The first-order chi connectivity index (χ1) is 16.9. The summed E-state index contributed by atoms with van der Waals surface area (Å²) in [5, 5.41) is 5.33. The number of rotatable bonds is 4. The predicted molar refractivity (Wildman–Crippen MR) is 132 cm³/mol. The maximum Gasteiger partial charge on any atom is 0.260 e. The molecule has 0 radical (unpaired) electrons. The Kier molecular flexibility index (Phi) is 6.05. The second kappa shape index (κ2) is 9.31. The maximum atomic E-state index is 14.9.